The van der Waals surface area contributed by atoms with Crippen molar-refractivity contribution in [3.8, 4) is 0 Å². The molecular weight excluding hydrogens is 206 g/mol. The molecule has 0 saturated heterocycles. The lowest BCUT2D eigenvalue weighted by Gasteiger charge is -2.06. The minimum Gasteiger partial charge on any atom is -0.477 e. The molecule has 0 aliphatic rings. The molecular formula is C12H17NO3. The van der Waals surface area contributed by atoms with Crippen molar-refractivity contribution in [2.75, 3.05) is 0 Å². The molecule has 1 rings (SSSR count). The van der Waals surface area contributed by atoms with Crippen LogP contribution in [0.3, 0.4) is 0 Å². The first-order chi connectivity index (χ1) is 7.47. The summed E-state index contributed by atoms with van der Waals surface area (Å²) in [7, 11) is 1.63. The van der Waals surface area contributed by atoms with Crippen molar-refractivity contribution in [2.24, 2.45) is 13.0 Å². The fourth-order valence-electron chi connectivity index (χ4n) is 1.76. The quantitative estimate of drug-likeness (QED) is 0.779. The van der Waals surface area contributed by atoms with Gasteiger partial charge in [0.15, 0.2) is 5.78 Å². The van der Waals surface area contributed by atoms with Crippen LogP contribution >= 0.6 is 0 Å². The van der Waals surface area contributed by atoms with Crippen LogP contribution in [0.15, 0.2) is 12.3 Å². The molecule has 0 saturated carbocycles. The molecule has 0 spiro atoms. The minimum atomic E-state index is -1.01. The zero-order valence-corrected chi connectivity index (χ0v) is 9.86. The van der Waals surface area contributed by atoms with E-state index in [1.165, 1.54) is 10.6 Å². The summed E-state index contributed by atoms with van der Waals surface area (Å²) >= 11 is 0. The van der Waals surface area contributed by atoms with Gasteiger partial charge in [-0.25, -0.2) is 4.79 Å². The Kier molecular flexibility index (Phi) is 3.88. The predicted molar refractivity (Wildman–Crippen MR) is 60.8 cm³/mol. The Labute approximate surface area is 94.9 Å². The molecule has 0 bridgehead atoms. The van der Waals surface area contributed by atoms with Gasteiger partial charge in [-0.1, -0.05) is 20.3 Å². The van der Waals surface area contributed by atoms with E-state index in [9.17, 15) is 9.59 Å². The summed E-state index contributed by atoms with van der Waals surface area (Å²) in [4.78, 5) is 22.7. The molecule has 4 heteroatoms. The molecule has 0 aliphatic heterocycles. The van der Waals surface area contributed by atoms with E-state index < -0.39 is 5.97 Å². The maximum absolute atomic E-state index is 11.9. The first-order valence-electron chi connectivity index (χ1n) is 5.41. The molecule has 0 aliphatic carbocycles. The molecule has 1 atom stereocenters. The number of carboxylic acid groups (broad SMARTS) is 1. The molecule has 1 aromatic rings. The van der Waals surface area contributed by atoms with Crippen LogP contribution in [0.25, 0.3) is 0 Å². The highest BCUT2D eigenvalue weighted by Gasteiger charge is 2.18. The molecule has 1 unspecified atom stereocenters. The van der Waals surface area contributed by atoms with Crippen LogP contribution in [0.5, 0.6) is 0 Å². The molecule has 88 valence electrons. The maximum Gasteiger partial charge on any atom is 0.352 e. The van der Waals surface area contributed by atoms with E-state index in [-0.39, 0.29) is 17.4 Å². The van der Waals surface area contributed by atoms with Crippen molar-refractivity contribution in [3.05, 3.63) is 23.5 Å². The average Bonchev–Trinajstić information content (AvgIpc) is 2.59. The van der Waals surface area contributed by atoms with Crippen molar-refractivity contribution < 1.29 is 14.7 Å². The summed E-state index contributed by atoms with van der Waals surface area (Å²) in [6.45, 7) is 3.90. The van der Waals surface area contributed by atoms with E-state index in [2.05, 4.69) is 0 Å². The van der Waals surface area contributed by atoms with Crippen molar-refractivity contribution in [1.82, 2.24) is 4.57 Å². The Morgan fingerprint density at radius 1 is 1.50 bits per heavy atom. The molecule has 0 fully saturated rings. The smallest absolute Gasteiger partial charge is 0.352 e. The van der Waals surface area contributed by atoms with Crippen molar-refractivity contribution in [2.45, 2.75) is 26.7 Å². The second-order valence-electron chi connectivity index (χ2n) is 4.08. The third-order valence-electron chi connectivity index (χ3n) is 2.68. The number of aromatic nitrogens is 1. The van der Waals surface area contributed by atoms with Crippen LogP contribution < -0.4 is 0 Å². The van der Waals surface area contributed by atoms with Crippen molar-refractivity contribution >= 4 is 11.8 Å². The zero-order chi connectivity index (χ0) is 12.3. The summed E-state index contributed by atoms with van der Waals surface area (Å²) in [5.41, 5.74) is 0.632. The van der Waals surface area contributed by atoms with E-state index in [0.717, 1.165) is 12.8 Å². The standard InChI is InChI=1S/C12H17NO3/c1-4-5-8(2)11(14)9-6-10(12(15)16)13(3)7-9/h6-8H,4-5H2,1-3H3,(H,15,16). The monoisotopic (exact) mass is 223 g/mol. The number of carboxylic acids is 1. The van der Waals surface area contributed by atoms with E-state index in [4.69, 9.17) is 5.11 Å². The third kappa shape index (κ3) is 2.51. The molecule has 1 N–H and O–H groups in total. The molecule has 1 heterocycles. The zero-order valence-electron chi connectivity index (χ0n) is 9.86. The number of ketones is 1. The Bertz CT molecular complexity index is 406. The molecule has 0 aromatic carbocycles. The lowest BCUT2D eigenvalue weighted by atomic mass is 9.97. The minimum absolute atomic E-state index is 0.0185. The highest BCUT2D eigenvalue weighted by Crippen LogP contribution is 2.16. The normalized spacial score (nSPS) is 12.4. The van der Waals surface area contributed by atoms with Crippen LogP contribution in [0.2, 0.25) is 0 Å². The van der Waals surface area contributed by atoms with Gasteiger partial charge in [-0.3, -0.25) is 4.79 Å². The lowest BCUT2D eigenvalue weighted by molar-refractivity contribution is 0.0686. The number of nitrogens with zero attached hydrogens (tertiary/aromatic N) is 1. The van der Waals surface area contributed by atoms with Crippen LogP contribution in [-0.4, -0.2) is 21.4 Å². The van der Waals surface area contributed by atoms with E-state index in [0.29, 0.717) is 5.56 Å². The van der Waals surface area contributed by atoms with Crippen LogP contribution in [0.1, 0.15) is 47.5 Å². The van der Waals surface area contributed by atoms with Crippen LogP contribution in [0, 0.1) is 5.92 Å². The van der Waals surface area contributed by atoms with Gasteiger partial charge in [-0.2, -0.15) is 0 Å². The first kappa shape index (κ1) is 12.5. The largest absolute Gasteiger partial charge is 0.477 e. The predicted octanol–water partition coefficient (Wildman–Crippen LogP) is 2.34. The Hall–Kier alpha value is -1.58. The molecule has 4 nitrogen and oxygen atoms in total. The summed E-state index contributed by atoms with van der Waals surface area (Å²) in [6, 6.07) is 1.44. The summed E-state index contributed by atoms with van der Waals surface area (Å²) in [5.74, 6) is -1.04. The van der Waals surface area contributed by atoms with Crippen molar-refractivity contribution in [3.63, 3.8) is 0 Å². The van der Waals surface area contributed by atoms with Crippen LogP contribution in [-0.2, 0) is 7.05 Å². The highest BCUT2D eigenvalue weighted by molar-refractivity contribution is 6.00. The average molecular weight is 223 g/mol. The number of hydrogen-bond acceptors (Lipinski definition) is 2. The van der Waals surface area contributed by atoms with Crippen molar-refractivity contribution in [1.29, 1.82) is 0 Å². The maximum atomic E-state index is 11.9. The Balaban J connectivity index is 2.93. The number of carbonyl (C=O) groups is 2. The number of carbonyl (C=O) groups excluding carboxylic acids is 1. The number of hydrogen-bond donors (Lipinski definition) is 1. The number of aryl methyl sites for hydroxylation is 1. The van der Waals surface area contributed by atoms with Gasteiger partial charge < -0.3 is 9.67 Å². The Morgan fingerprint density at radius 2 is 2.12 bits per heavy atom. The van der Waals surface area contributed by atoms with Gasteiger partial charge >= 0.3 is 5.97 Å². The molecule has 1 aromatic heterocycles. The fourth-order valence-corrected chi connectivity index (χ4v) is 1.76. The van der Waals surface area contributed by atoms with Gasteiger partial charge in [0.05, 0.1) is 0 Å². The first-order valence-corrected chi connectivity index (χ1v) is 5.41. The van der Waals surface area contributed by atoms with E-state index >= 15 is 0 Å². The SMILES string of the molecule is CCCC(C)C(=O)c1cc(C(=O)O)n(C)c1. The number of Topliss-reactive ketones (excluding diaryl/α,β-unsaturated/α-hetero) is 1. The molecule has 0 amide bonds. The Morgan fingerprint density at radius 3 is 2.56 bits per heavy atom. The second kappa shape index (κ2) is 4.96. The van der Waals surface area contributed by atoms with Crippen LogP contribution in [0.4, 0.5) is 0 Å². The fraction of sp³-hybridized carbons (Fsp3) is 0.500. The number of rotatable bonds is 5. The topological polar surface area (TPSA) is 59.3 Å². The third-order valence-corrected chi connectivity index (χ3v) is 2.68. The van der Waals surface area contributed by atoms with Gasteiger partial charge in [-0.15, -0.1) is 0 Å². The lowest BCUT2D eigenvalue weighted by Crippen LogP contribution is -2.10. The molecule has 0 radical (unpaired) electrons. The molecule has 16 heavy (non-hydrogen) atoms. The van der Waals surface area contributed by atoms with E-state index in [1.807, 2.05) is 13.8 Å². The van der Waals surface area contributed by atoms with Gasteiger partial charge in [0, 0.05) is 24.7 Å². The van der Waals surface area contributed by atoms with Gasteiger partial charge in [0.2, 0.25) is 0 Å². The van der Waals surface area contributed by atoms with Gasteiger partial charge in [0.25, 0.3) is 0 Å². The summed E-state index contributed by atoms with van der Waals surface area (Å²) < 4.78 is 1.47. The van der Waals surface area contributed by atoms with Gasteiger partial charge in [-0.05, 0) is 12.5 Å². The highest BCUT2D eigenvalue weighted by atomic mass is 16.4. The summed E-state index contributed by atoms with van der Waals surface area (Å²) in [6.07, 6.45) is 3.36. The summed E-state index contributed by atoms with van der Waals surface area (Å²) in [5, 5.41) is 8.87. The second-order valence-corrected chi connectivity index (χ2v) is 4.08. The number of aromatic carboxylic acids is 1. The van der Waals surface area contributed by atoms with Gasteiger partial charge in [0.1, 0.15) is 5.69 Å². The van der Waals surface area contributed by atoms with E-state index in [1.54, 1.807) is 13.2 Å².